The number of aromatic nitrogens is 1. The van der Waals surface area contributed by atoms with E-state index in [9.17, 15) is 5.11 Å². The number of rotatable bonds is 5. The fraction of sp³-hybridized carbons (Fsp3) is 0.636. The number of hydrogen-bond donors (Lipinski definition) is 2. The van der Waals surface area contributed by atoms with Gasteiger partial charge in [-0.05, 0) is 40.1 Å². The molecule has 1 aromatic rings. The van der Waals surface area contributed by atoms with Gasteiger partial charge in [0.05, 0.1) is 12.6 Å². The summed E-state index contributed by atoms with van der Waals surface area (Å²) in [4.78, 5) is 1.97. The van der Waals surface area contributed by atoms with Crippen LogP contribution in [0.1, 0.15) is 11.4 Å². The van der Waals surface area contributed by atoms with Crippen LogP contribution in [0.2, 0.25) is 0 Å². The molecule has 0 spiro atoms. The second-order valence-corrected chi connectivity index (χ2v) is 4.23. The zero-order valence-electron chi connectivity index (χ0n) is 9.99. The number of likely N-dealkylation sites (N-methyl/N-ethyl adjacent to an activating group) is 1. The standard InChI is InChI=1S/C11H21N3O/c1-9-5-6-10(2)14(9)12-7-11(15)8-13(3)4/h5-6,11-12,15H,7-8H2,1-4H3. The van der Waals surface area contributed by atoms with Crippen molar-refractivity contribution in [2.24, 2.45) is 0 Å². The van der Waals surface area contributed by atoms with Gasteiger partial charge in [0.15, 0.2) is 0 Å². The molecule has 1 atom stereocenters. The largest absolute Gasteiger partial charge is 0.390 e. The molecule has 2 N–H and O–H groups in total. The van der Waals surface area contributed by atoms with Gasteiger partial charge < -0.3 is 15.4 Å². The minimum absolute atomic E-state index is 0.346. The van der Waals surface area contributed by atoms with Crippen molar-refractivity contribution in [1.29, 1.82) is 0 Å². The molecular weight excluding hydrogens is 190 g/mol. The molecule has 0 bridgehead atoms. The van der Waals surface area contributed by atoms with E-state index in [4.69, 9.17) is 0 Å². The molecule has 0 radical (unpaired) electrons. The summed E-state index contributed by atoms with van der Waals surface area (Å²) in [7, 11) is 3.91. The third kappa shape index (κ3) is 3.57. The van der Waals surface area contributed by atoms with Gasteiger partial charge in [-0.2, -0.15) is 0 Å². The van der Waals surface area contributed by atoms with Crippen molar-refractivity contribution < 1.29 is 5.11 Å². The molecule has 0 saturated carbocycles. The Morgan fingerprint density at radius 3 is 2.33 bits per heavy atom. The lowest BCUT2D eigenvalue weighted by atomic mass is 10.3. The van der Waals surface area contributed by atoms with Gasteiger partial charge in [0.25, 0.3) is 0 Å². The lowest BCUT2D eigenvalue weighted by Crippen LogP contribution is -2.34. The van der Waals surface area contributed by atoms with Crippen LogP contribution in [-0.2, 0) is 0 Å². The van der Waals surface area contributed by atoms with Gasteiger partial charge in [-0.15, -0.1) is 0 Å². The highest BCUT2D eigenvalue weighted by atomic mass is 16.3. The van der Waals surface area contributed by atoms with Gasteiger partial charge in [-0.25, -0.2) is 0 Å². The van der Waals surface area contributed by atoms with Crippen molar-refractivity contribution in [2.75, 3.05) is 32.6 Å². The molecule has 86 valence electrons. The normalized spacial score (nSPS) is 13.2. The molecule has 4 nitrogen and oxygen atoms in total. The zero-order valence-corrected chi connectivity index (χ0v) is 9.99. The van der Waals surface area contributed by atoms with Crippen LogP contribution in [0, 0.1) is 13.8 Å². The summed E-state index contributed by atoms with van der Waals surface area (Å²) in [6, 6.07) is 4.11. The minimum atomic E-state index is -0.346. The summed E-state index contributed by atoms with van der Waals surface area (Å²) < 4.78 is 2.00. The van der Waals surface area contributed by atoms with E-state index in [1.165, 1.54) is 0 Å². The van der Waals surface area contributed by atoms with Gasteiger partial charge >= 0.3 is 0 Å². The maximum Gasteiger partial charge on any atom is 0.0855 e. The molecule has 15 heavy (non-hydrogen) atoms. The van der Waals surface area contributed by atoms with Crippen molar-refractivity contribution >= 4 is 0 Å². The first kappa shape index (κ1) is 12.1. The summed E-state index contributed by atoms with van der Waals surface area (Å²) in [6.45, 7) is 5.32. The Morgan fingerprint density at radius 2 is 1.87 bits per heavy atom. The van der Waals surface area contributed by atoms with Crippen LogP contribution in [0.25, 0.3) is 0 Å². The maximum atomic E-state index is 9.68. The van der Waals surface area contributed by atoms with Gasteiger partial charge in [0, 0.05) is 17.9 Å². The number of nitrogens with zero attached hydrogens (tertiary/aromatic N) is 2. The first-order chi connectivity index (χ1) is 7.00. The Morgan fingerprint density at radius 1 is 1.33 bits per heavy atom. The molecule has 1 rings (SSSR count). The van der Waals surface area contributed by atoms with E-state index in [1.807, 2.05) is 37.5 Å². The molecule has 4 heteroatoms. The van der Waals surface area contributed by atoms with E-state index in [1.54, 1.807) is 0 Å². The molecule has 1 heterocycles. The van der Waals surface area contributed by atoms with Crippen molar-refractivity contribution in [3.63, 3.8) is 0 Å². The lowest BCUT2D eigenvalue weighted by Gasteiger charge is -2.19. The van der Waals surface area contributed by atoms with Gasteiger partial charge in [0.2, 0.25) is 0 Å². The third-order valence-corrected chi connectivity index (χ3v) is 2.33. The summed E-state index contributed by atoms with van der Waals surface area (Å²) in [5.74, 6) is 0. The van der Waals surface area contributed by atoms with E-state index in [2.05, 4.69) is 17.6 Å². The Bertz CT molecular complexity index is 287. The maximum absolute atomic E-state index is 9.68. The van der Waals surface area contributed by atoms with E-state index >= 15 is 0 Å². The molecule has 1 unspecified atom stereocenters. The summed E-state index contributed by atoms with van der Waals surface area (Å²) in [5.41, 5.74) is 5.52. The molecular formula is C11H21N3O. The second-order valence-electron chi connectivity index (χ2n) is 4.23. The molecule has 0 aliphatic rings. The highest BCUT2D eigenvalue weighted by Crippen LogP contribution is 2.03. The van der Waals surface area contributed by atoms with Gasteiger partial charge in [-0.3, -0.25) is 4.68 Å². The molecule has 0 amide bonds. The van der Waals surface area contributed by atoms with E-state index in [0.29, 0.717) is 13.1 Å². The molecule has 0 aromatic carbocycles. The van der Waals surface area contributed by atoms with Crippen molar-refractivity contribution in [1.82, 2.24) is 9.58 Å². The number of aliphatic hydroxyl groups is 1. The van der Waals surface area contributed by atoms with Crippen molar-refractivity contribution in [2.45, 2.75) is 20.0 Å². The van der Waals surface area contributed by atoms with Crippen LogP contribution in [0.4, 0.5) is 0 Å². The predicted octanol–water partition coefficient (Wildman–Crippen LogP) is 0.571. The second kappa shape index (κ2) is 5.19. The highest BCUT2D eigenvalue weighted by Gasteiger charge is 2.06. The SMILES string of the molecule is Cc1ccc(C)n1NCC(O)CN(C)C. The van der Waals surface area contributed by atoms with Crippen LogP contribution in [0.3, 0.4) is 0 Å². The molecule has 0 saturated heterocycles. The Labute approximate surface area is 91.5 Å². The van der Waals surface area contributed by atoms with E-state index < -0.39 is 0 Å². The van der Waals surface area contributed by atoms with Crippen LogP contribution < -0.4 is 5.43 Å². The molecule has 1 aromatic heterocycles. The fourth-order valence-corrected chi connectivity index (χ4v) is 1.60. The minimum Gasteiger partial charge on any atom is -0.390 e. The Balaban J connectivity index is 2.43. The smallest absolute Gasteiger partial charge is 0.0855 e. The van der Waals surface area contributed by atoms with Crippen molar-refractivity contribution in [3.8, 4) is 0 Å². The van der Waals surface area contributed by atoms with Crippen molar-refractivity contribution in [3.05, 3.63) is 23.5 Å². The Kier molecular flexibility index (Phi) is 4.17. The first-order valence-corrected chi connectivity index (χ1v) is 5.22. The lowest BCUT2D eigenvalue weighted by molar-refractivity contribution is 0.145. The van der Waals surface area contributed by atoms with Gasteiger partial charge in [-0.1, -0.05) is 0 Å². The fourth-order valence-electron chi connectivity index (χ4n) is 1.60. The van der Waals surface area contributed by atoms with Gasteiger partial charge in [0.1, 0.15) is 0 Å². The molecule has 0 fully saturated rings. The summed E-state index contributed by atoms with van der Waals surface area (Å²) in [5, 5.41) is 9.68. The first-order valence-electron chi connectivity index (χ1n) is 5.22. The average molecular weight is 211 g/mol. The number of aryl methyl sites for hydroxylation is 2. The number of hydrogen-bond acceptors (Lipinski definition) is 3. The quantitative estimate of drug-likeness (QED) is 0.748. The number of aliphatic hydroxyl groups excluding tert-OH is 1. The topological polar surface area (TPSA) is 40.4 Å². The Hall–Kier alpha value is -1.00. The highest BCUT2D eigenvalue weighted by molar-refractivity contribution is 5.15. The monoisotopic (exact) mass is 211 g/mol. The zero-order chi connectivity index (χ0) is 11.4. The van der Waals surface area contributed by atoms with E-state index in [0.717, 1.165) is 11.4 Å². The van der Waals surface area contributed by atoms with E-state index in [-0.39, 0.29) is 6.10 Å². The summed E-state index contributed by atoms with van der Waals surface area (Å²) >= 11 is 0. The summed E-state index contributed by atoms with van der Waals surface area (Å²) in [6.07, 6.45) is -0.346. The van der Waals surface area contributed by atoms with Crippen LogP contribution in [-0.4, -0.2) is 48.0 Å². The predicted molar refractivity (Wildman–Crippen MR) is 62.7 cm³/mol. The van der Waals surface area contributed by atoms with Crippen LogP contribution in [0.5, 0.6) is 0 Å². The van der Waals surface area contributed by atoms with Crippen LogP contribution >= 0.6 is 0 Å². The molecule has 0 aliphatic heterocycles. The molecule has 0 aliphatic carbocycles. The third-order valence-electron chi connectivity index (χ3n) is 2.33. The average Bonchev–Trinajstić information content (AvgIpc) is 2.42. The van der Waals surface area contributed by atoms with Crippen LogP contribution in [0.15, 0.2) is 12.1 Å². The number of nitrogens with one attached hydrogen (secondary N) is 1.